The summed E-state index contributed by atoms with van der Waals surface area (Å²) < 4.78 is 18.9. The Morgan fingerprint density at radius 3 is 2.59 bits per heavy atom. The van der Waals surface area contributed by atoms with E-state index in [1.54, 1.807) is 25.9 Å². The number of halogens is 1. The van der Waals surface area contributed by atoms with Crippen LogP contribution < -0.4 is 10.6 Å². The first kappa shape index (κ1) is 23.4. The van der Waals surface area contributed by atoms with Crippen LogP contribution >= 0.6 is 11.8 Å². The number of hydrogen-bond acceptors (Lipinski definition) is 5. The number of morpholine rings is 1. The molecule has 0 spiro atoms. The number of likely N-dealkylation sites (N-methyl/N-ethyl adjacent to an activating group) is 1. The summed E-state index contributed by atoms with van der Waals surface area (Å²) in [5.41, 5.74) is 1.04. The third-order valence-corrected chi connectivity index (χ3v) is 5.29. The van der Waals surface area contributed by atoms with Crippen molar-refractivity contribution in [3.63, 3.8) is 0 Å². The van der Waals surface area contributed by atoms with E-state index >= 15 is 0 Å². The topological polar surface area (TPSA) is 69.2 Å². The molecular formula is C20H32FN5O2S. The molecule has 1 aliphatic rings. The van der Waals surface area contributed by atoms with Crippen LogP contribution in [-0.2, 0) is 9.53 Å². The van der Waals surface area contributed by atoms with Gasteiger partial charge in [-0.3, -0.25) is 9.69 Å². The van der Waals surface area contributed by atoms with E-state index in [0.717, 1.165) is 31.0 Å². The van der Waals surface area contributed by atoms with E-state index < -0.39 is 0 Å². The Labute approximate surface area is 177 Å². The lowest BCUT2D eigenvalue weighted by atomic mass is 10.0. The van der Waals surface area contributed by atoms with Gasteiger partial charge in [-0.15, -0.1) is 0 Å². The SMILES string of the molecule is CSCCNC(=NCC(=O)N(C)C)NCC(c1ccc(F)cc1)N1CCOCC1. The number of nitrogens with one attached hydrogen (secondary N) is 2. The maximum absolute atomic E-state index is 13.4. The molecule has 29 heavy (non-hydrogen) atoms. The fraction of sp³-hybridized carbons (Fsp3) is 0.600. The van der Waals surface area contributed by atoms with Gasteiger partial charge >= 0.3 is 0 Å². The molecule has 1 unspecified atom stereocenters. The number of benzene rings is 1. The molecule has 0 aliphatic carbocycles. The first-order valence-corrected chi connectivity index (χ1v) is 11.2. The number of hydrogen-bond donors (Lipinski definition) is 2. The number of ether oxygens (including phenoxy) is 1. The van der Waals surface area contributed by atoms with Gasteiger partial charge in [-0.25, -0.2) is 9.38 Å². The predicted octanol–water partition coefficient (Wildman–Crippen LogP) is 1.19. The van der Waals surface area contributed by atoms with Crippen LogP contribution in [0.1, 0.15) is 11.6 Å². The normalized spacial score (nSPS) is 16.3. The van der Waals surface area contributed by atoms with Crippen molar-refractivity contribution in [2.24, 2.45) is 4.99 Å². The Morgan fingerprint density at radius 2 is 1.97 bits per heavy atom. The van der Waals surface area contributed by atoms with Crippen molar-refractivity contribution in [2.45, 2.75) is 6.04 Å². The van der Waals surface area contributed by atoms with E-state index in [0.29, 0.717) is 25.7 Å². The average Bonchev–Trinajstić information content (AvgIpc) is 2.73. The molecule has 2 rings (SSSR count). The first-order chi connectivity index (χ1) is 14.0. The van der Waals surface area contributed by atoms with E-state index in [1.807, 2.05) is 18.4 Å². The third-order valence-electron chi connectivity index (χ3n) is 4.67. The highest BCUT2D eigenvalue weighted by Gasteiger charge is 2.23. The number of carbonyl (C=O) groups excluding carboxylic acids is 1. The van der Waals surface area contributed by atoms with Crippen LogP contribution in [0.25, 0.3) is 0 Å². The van der Waals surface area contributed by atoms with Gasteiger partial charge < -0.3 is 20.3 Å². The number of rotatable bonds is 9. The van der Waals surface area contributed by atoms with E-state index in [4.69, 9.17) is 4.74 Å². The summed E-state index contributed by atoms with van der Waals surface area (Å²) in [4.78, 5) is 20.2. The zero-order chi connectivity index (χ0) is 21.1. The third kappa shape index (κ3) is 8.20. The lowest BCUT2D eigenvalue weighted by molar-refractivity contribution is -0.127. The van der Waals surface area contributed by atoms with Crippen molar-refractivity contribution >= 4 is 23.6 Å². The van der Waals surface area contributed by atoms with Crippen LogP contribution in [0.2, 0.25) is 0 Å². The van der Waals surface area contributed by atoms with Gasteiger partial charge in [-0.05, 0) is 24.0 Å². The molecule has 7 nitrogen and oxygen atoms in total. The fourth-order valence-corrected chi connectivity index (χ4v) is 3.27. The molecule has 0 bridgehead atoms. The monoisotopic (exact) mass is 425 g/mol. The summed E-state index contributed by atoms with van der Waals surface area (Å²) in [6.45, 7) is 4.42. The largest absolute Gasteiger partial charge is 0.379 e. The molecular weight excluding hydrogens is 393 g/mol. The second-order valence-corrected chi connectivity index (χ2v) is 7.95. The smallest absolute Gasteiger partial charge is 0.243 e. The molecule has 1 fully saturated rings. The number of guanidine groups is 1. The van der Waals surface area contributed by atoms with Crippen molar-refractivity contribution < 1.29 is 13.9 Å². The summed E-state index contributed by atoms with van der Waals surface area (Å²) in [7, 11) is 3.43. The van der Waals surface area contributed by atoms with Crippen LogP contribution in [0.5, 0.6) is 0 Å². The number of nitrogens with zero attached hydrogens (tertiary/aromatic N) is 3. The minimum atomic E-state index is -0.245. The summed E-state index contributed by atoms with van der Waals surface area (Å²) in [6, 6.07) is 6.68. The number of amides is 1. The van der Waals surface area contributed by atoms with Crippen LogP contribution in [0.3, 0.4) is 0 Å². The van der Waals surface area contributed by atoms with Crippen LogP contribution in [0.4, 0.5) is 4.39 Å². The van der Waals surface area contributed by atoms with Crippen LogP contribution in [-0.4, -0.2) is 93.7 Å². The molecule has 162 valence electrons. The van der Waals surface area contributed by atoms with Gasteiger partial charge in [-0.2, -0.15) is 11.8 Å². The van der Waals surface area contributed by atoms with Crippen LogP contribution in [0, 0.1) is 5.82 Å². The molecule has 0 aromatic heterocycles. The summed E-state index contributed by atoms with van der Waals surface area (Å²) in [6.07, 6.45) is 2.05. The van der Waals surface area contributed by atoms with Crippen molar-refractivity contribution in [1.82, 2.24) is 20.4 Å². The molecule has 1 saturated heterocycles. The van der Waals surface area contributed by atoms with Crippen LogP contribution in [0.15, 0.2) is 29.3 Å². The maximum Gasteiger partial charge on any atom is 0.243 e. The minimum absolute atomic E-state index is 0.0524. The molecule has 0 radical (unpaired) electrons. The number of carbonyl (C=O) groups is 1. The highest BCUT2D eigenvalue weighted by Crippen LogP contribution is 2.21. The Bertz CT molecular complexity index is 651. The molecule has 1 heterocycles. The quantitative estimate of drug-likeness (QED) is 0.352. The number of thioether (sulfide) groups is 1. The molecule has 1 aliphatic heterocycles. The van der Waals surface area contributed by atoms with E-state index in [-0.39, 0.29) is 24.3 Å². The van der Waals surface area contributed by atoms with Gasteiger partial charge in [0.1, 0.15) is 12.4 Å². The lowest BCUT2D eigenvalue weighted by Gasteiger charge is -2.35. The number of aliphatic imine (C=N–C) groups is 1. The molecule has 0 saturated carbocycles. The Morgan fingerprint density at radius 1 is 1.28 bits per heavy atom. The second kappa shape index (κ2) is 12.7. The first-order valence-electron chi connectivity index (χ1n) is 9.79. The summed E-state index contributed by atoms with van der Waals surface area (Å²) in [5.74, 6) is 1.24. The van der Waals surface area contributed by atoms with Crippen molar-refractivity contribution in [1.29, 1.82) is 0 Å². The van der Waals surface area contributed by atoms with Gasteiger partial charge in [-0.1, -0.05) is 12.1 Å². The van der Waals surface area contributed by atoms with Gasteiger partial charge in [0, 0.05) is 46.0 Å². The fourth-order valence-electron chi connectivity index (χ4n) is 2.96. The Kier molecular flexibility index (Phi) is 10.2. The van der Waals surface area contributed by atoms with E-state index in [2.05, 4.69) is 20.5 Å². The van der Waals surface area contributed by atoms with E-state index in [9.17, 15) is 9.18 Å². The van der Waals surface area contributed by atoms with Gasteiger partial charge in [0.25, 0.3) is 0 Å². The summed E-state index contributed by atoms with van der Waals surface area (Å²) in [5, 5.41) is 6.64. The van der Waals surface area contributed by atoms with E-state index in [1.165, 1.54) is 17.0 Å². The second-order valence-electron chi connectivity index (χ2n) is 6.97. The maximum atomic E-state index is 13.4. The highest BCUT2D eigenvalue weighted by molar-refractivity contribution is 7.98. The van der Waals surface area contributed by atoms with Crippen molar-refractivity contribution in [3.8, 4) is 0 Å². The van der Waals surface area contributed by atoms with Crippen molar-refractivity contribution in [2.75, 3.05) is 72.0 Å². The standard InChI is InChI=1S/C20H32FN5O2S/c1-25(2)19(27)15-24-20(22-8-13-29-3)23-14-18(26-9-11-28-12-10-26)16-4-6-17(21)7-5-16/h4-7,18H,8-15H2,1-3H3,(H2,22,23,24). The molecule has 9 heteroatoms. The Hall–Kier alpha value is -1.84. The summed E-state index contributed by atoms with van der Waals surface area (Å²) >= 11 is 1.74. The lowest BCUT2D eigenvalue weighted by Crippen LogP contribution is -2.47. The zero-order valence-electron chi connectivity index (χ0n) is 17.5. The predicted molar refractivity (Wildman–Crippen MR) is 117 cm³/mol. The zero-order valence-corrected chi connectivity index (χ0v) is 18.3. The molecule has 1 aromatic carbocycles. The average molecular weight is 426 g/mol. The molecule has 1 aromatic rings. The van der Waals surface area contributed by atoms with Gasteiger partial charge in [0.2, 0.25) is 5.91 Å². The molecule has 1 atom stereocenters. The molecule has 1 amide bonds. The minimum Gasteiger partial charge on any atom is -0.379 e. The van der Waals surface area contributed by atoms with Gasteiger partial charge in [0.15, 0.2) is 5.96 Å². The van der Waals surface area contributed by atoms with Gasteiger partial charge in [0.05, 0.1) is 19.3 Å². The van der Waals surface area contributed by atoms with Crippen molar-refractivity contribution in [3.05, 3.63) is 35.6 Å². The Balaban J connectivity index is 2.09. The molecule has 2 N–H and O–H groups in total. The highest BCUT2D eigenvalue weighted by atomic mass is 32.2.